The second-order valence-corrected chi connectivity index (χ2v) is 8.18. The van der Waals surface area contributed by atoms with Crippen molar-refractivity contribution in [3.05, 3.63) is 119 Å². The van der Waals surface area contributed by atoms with Crippen LogP contribution in [0.25, 0.3) is 5.70 Å². The molecule has 0 aliphatic rings. The Morgan fingerprint density at radius 3 is 2.50 bits per heavy atom. The van der Waals surface area contributed by atoms with Gasteiger partial charge in [0.1, 0.15) is 5.82 Å². The number of nitrogens with zero attached hydrogens (tertiary/aromatic N) is 2. The Labute approximate surface area is 211 Å². The molecular weight excluding hydrogens is 455 g/mol. The maximum atomic E-state index is 13.5. The Kier molecular flexibility index (Phi) is 9.82. The average molecular weight is 487 g/mol. The molecule has 3 N–H and O–H groups in total. The summed E-state index contributed by atoms with van der Waals surface area (Å²) in [7, 11) is 0. The molecule has 2 aromatic rings. The first-order valence-corrected chi connectivity index (χ1v) is 11.1. The van der Waals surface area contributed by atoms with Gasteiger partial charge < -0.3 is 15.7 Å². The zero-order chi connectivity index (χ0) is 26.8. The second-order valence-electron chi connectivity index (χ2n) is 8.18. The average Bonchev–Trinajstić information content (AvgIpc) is 3.27. The lowest BCUT2D eigenvalue weighted by atomic mass is 10.1. The summed E-state index contributed by atoms with van der Waals surface area (Å²) >= 11 is 0. The van der Waals surface area contributed by atoms with Gasteiger partial charge in [0.2, 0.25) is 0 Å². The van der Waals surface area contributed by atoms with Crippen LogP contribution in [0.1, 0.15) is 23.7 Å². The molecule has 186 valence electrons. The van der Waals surface area contributed by atoms with Gasteiger partial charge in [-0.25, -0.2) is 13.9 Å². The molecule has 0 atom stereocenters. The fourth-order valence-corrected chi connectivity index (χ4v) is 3.04. The minimum Gasteiger partial charge on any atom is -0.478 e. The van der Waals surface area contributed by atoms with Crippen LogP contribution < -0.4 is 10.6 Å². The van der Waals surface area contributed by atoms with Crippen molar-refractivity contribution in [2.75, 3.05) is 6.54 Å². The number of nitrogens with one attached hydrogen (secondary N) is 2. The third kappa shape index (κ3) is 7.74. The van der Waals surface area contributed by atoms with E-state index < -0.39 is 5.97 Å². The molecule has 0 amide bonds. The lowest BCUT2D eigenvalue weighted by molar-refractivity contribution is -0.132. The van der Waals surface area contributed by atoms with E-state index in [1.54, 1.807) is 42.1 Å². The standard InChI is InChI=1S/C29H31FN4O2/c1-8-25(10-9-19(2)29(35)36)17-32-24(7)28(34-22(5)13-14-33-34)16-20(3)23(6)31-18-26-11-12-27(30)21(4)15-26/h1,9-16,31-32H,3,6-7,17-18H2,2,4-5H3,(H,35,36)/b19-9+,25-10+,28-16-. The third-order valence-electron chi connectivity index (χ3n) is 5.35. The van der Waals surface area contributed by atoms with E-state index in [1.807, 2.05) is 13.0 Å². The Bertz CT molecular complexity index is 1320. The van der Waals surface area contributed by atoms with Crippen LogP contribution >= 0.6 is 0 Å². The van der Waals surface area contributed by atoms with E-state index in [0.29, 0.717) is 40.3 Å². The van der Waals surface area contributed by atoms with Crippen molar-refractivity contribution in [1.82, 2.24) is 20.4 Å². The molecule has 0 bridgehead atoms. The molecular formula is C29H31FN4O2. The Hall–Kier alpha value is -4.57. The first-order valence-electron chi connectivity index (χ1n) is 11.1. The van der Waals surface area contributed by atoms with Crippen molar-refractivity contribution < 1.29 is 14.3 Å². The maximum Gasteiger partial charge on any atom is 0.331 e. The molecule has 0 fully saturated rings. The largest absolute Gasteiger partial charge is 0.478 e. The van der Waals surface area contributed by atoms with Gasteiger partial charge in [-0.2, -0.15) is 5.10 Å². The number of terminal acetylenes is 1. The Balaban J connectivity index is 2.19. The Morgan fingerprint density at radius 1 is 1.19 bits per heavy atom. The quantitative estimate of drug-likeness (QED) is 0.223. The summed E-state index contributed by atoms with van der Waals surface area (Å²) in [5, 5.41) is 19.8. The van der Waals surface area contributed by atoms with E-state index in [0.717, 1.165) is 11.3 Å². The van der Waals surface area contributed by atoms with Gasteiger partial charge in [0.05, 0.1) is 11.4 Å². The molecule has 36 heavy (non-hydrogen) atoms. The number of benzene rings is 1. The number of rotatable bonds is 12. The normalized spacial score (nSPS) is 12.0. The van der Waals surface area contributed by atoms with Crippen molar-refractivity contribution >= 4 is 11.7 Å². The molecule has 6 nitrogen and oxygen atoms in total. The molecule has 0 saturated carbocycles. The number of halogens is 1. The highest BCUT2D eigenvalue weighted by atomic mass is 19.1. The van der Waals surface area contributed by atoms with Crippen LogP contribution in [0.3, 0.4) is 0 Å². The van der Waals surface area contributed by atoms with Gasteiger partial charge in [-0.05, 0) is 61.8 Å². The van der Waals surface area contributed by atoms with E-state index in [-0.39, 0.29) is 17.9 Å². The summed E-state index contributed by atoms with van der Waals surface area (Å²) in [5.41, 5.74) is 5.46. The number of aliphatic carboxylic acids is 1. The summed E-state index contributed by atoms with van der Waals surface area (Å²) in [6, 6.07) is 6.80. The van der Waals surface area contributed by atoms with Crippen molar-refractivity contribution in [1.29, 1.82) is 0 Å². The van der Waals surface area contributed by atoms with Crippen molar-refractivity contribution in [2.24, 2.45) is 0 Å². The number of aryl methyl sites for hydroxylation is 2. The van der Waals surface area contributed by atoms with Crippen LogP contribution in [0.4, 0.5) is 4.39 Å². The summed E-state index contributed by atoms with van der Waals surface area (Å²) in [6.07, 6.45) is 12.1. The summed E-state index contributed by atoms with van der Waals surface area (Å²) in [4.78, 5) is 11.0. The van der Waals surface area contributed by atoms with E-state index in [4.69, 9.17) is 11.5 Å². The molecule has 0 radical (unpaired) electrons. The first kappa shape index (κ1) is 27.7. The van der Waals surface area contributed by atoms with Gasteiger partial charge in [0, 0.05) is 41.8 Å². The number of carbonyl (C=O) groups is 1. The number of aromatic nitrogens is 2. The highest BCUT2D eigenvalue weighted by Crippen LogP contribution is 2.19. The van der Waals surface area contributed by atoms with Gasteiger partial charge >= 0.3 is 5.97 Å². The van der Waals surface area contributed by atoms with Gasteiger partial charge in [0.25, 0.3) is 0 Å². The Morgan fingerprint density at radius 2 is 1.92 bits per heavy atom. The summed E-state index contributed by atoms with van der Waals surface area (Å²) in [6.45, 7) is 18.2. The summed E-state index contributed by atoms with van der Waals surface area (Å²) < 4.78 is 15.2. The predicted molar refractivity (Wildman–Crippen MR) is 143 cm³/mol. The van der Waals surface area contributed by atoms with Gasteiger partial charge in [-0.1, -0.05) is 43.9 Å². The monoisotopic (exact) mass is 486 g/mol. The van der Waals surface area contributed by atoms with Crippen LogP contribution in [0.2, 0.25) is 0 Å². The lowest BCUT2D eigenvalue weighted by Gasteiger charge is -2.17. The fraction of sp³-hybridized carbons (Fsp3) is 0.172. The van der Waals surface area contributed by atoms with E-state index in [9.17, 15) is 9.18 Å². The first-order chi connectivity index (χ1) is 17.0. The molecule has 0 unspecified atom stereocenters. The van der Waals surface area contributed by atoms with Crippen LogP contribution in [0, 0.1) is 32.0 Å². The molecule has 0 saturated heterocycles. The van der Waals surface area contributed by atoms with Gasteiger partial charge in [0.15, 0.2) is 0 Å². The highest BCUT2D eigenvalue weighted by molar-refractivity contribution is 5.86. The van der Waals surface area contributed by atoms with E-state index >= 15 is 0 Å². The van der Waals surface area contributed by atoms with Crippen LogP contribution in [-0.4, -0.2) is 27.4 Å². The minimum absolute atomic E-state index is 0.174. The maximum absolute atomic E-state index is 13.5. The number of carboxylic acid groups (broad SMARTS) is 1. The molecule has 2 rings (SSSR count). The van der Waals surface area contributed by atoms with Gasteiger partial charge in [-0.3, -0.25) is 0 Å². The second kappa shape index (κ2) is 12.8. The zero-order valence-corrected chi connectivity index (χ0v) is 20.9. The highest BCUT2D eigenvalue weighted by Gasteiger charge is 2.11. The molecule has 0 spiro atoms. The lowest BCUT2D eigenvalue weighted by Crippen LogP contribution is -2.20. The predicted octanol–water partition coefficient (Wildman–Crippen LogP) is 5.03. The van der Waals surface area contributed by atoms with Gasteiger partial charge in [-0.15, -0.1) is 6.42 Å². The topological polar surface area (TPSA) is 79.2 Å². The molecule has 0 aliphatic heterocycles. The van der Waals surface area contributed by atoms with Crippen LogP contribution in [0.5, 0.6) is 0 Å². The fourth-order valence-electron chi connectivity index (χ4n) is 3.04. The number of hydrogen-bond acceptors (Lipinski definition) is 4. The van der Waals surface area contributed by atoms with E-state index in [1.165, 1.54) is 19.1 Å². The summed E-state index contributed by atoms with van der Waals surface area (Å²) in [5.74, 6) is 1.29. The molecule has 1 aromatic heterocycles. The third-order valence-corrected chi connectivity index (χ3v) is 5.35. The molecule has 7 heteroatoms. The number of hydrogen-bond donors (Lipinski definition) is 3. The minimum atomic E-state index is -1.01. The van der Waals surface area contributed by atoms with Crippen molar-refractivity contribution in [3.63, 3.8) is 0 Å². The van der Waals surface area contributed by atoms with Crippen molar-refractivity contribution in [2.45, 2.75) is 27.3 Å². The number of carboxylic acids is 1. The van der Waals surface area contributed by atoms with E-state index in [2.05, 4.69) is 41.4 Å². The zero-order valence-electron chi connectivity index (χ0n) is 20.9. The van der Waals surface area contributed by atoms with Crippen LogP contribution in [0.15, 0.2) is 96.5 Å². The smallest absolute Gasteiger partial charge is 0.331 e. The number of allylic oxidation sites excluding steroid dienone is 4. The molecule has 1 aromatic carbocycles. The molecule has 1 heterocycles. The van der Waals surface area contributed by atoms with Crippen LogP contribution in [-0.2, 0) is 11.3 Å². The van der Waals surface area contributed by atoms with Crippen molar-refractivity contribution in [3.8, 4) is 12.3 Å². The SMILES string of the molecule is C#C/C(=C\C=C(/C)C(=O)O)CNC(=C)/C(=C/C(=C)C(=C)NCc1ccc(F)c(C)c1)n1nccc1C. The molecule has 0 aliphatic carbocycles.